The van der Waals surface area contributed by atoms with Gasteiger partial charge >= 0.3 is 0 Å². The topological polar surface area (TPSA) is 18.5 Å². The molecular formula is C39H62F2O2. The third-order valence-corrected chi connectivity index (χ3v) is 7.72. The lowest BCUT2D eigenvalue weighted by Gasteiger charge is -2.30. The third kappa shape index (κ3) is 16.0. The maximum absolute atomic E-state index is 12.5. The van der Waals surface area contributed by atoms with E-state index in [9.17, 15) is 8.78 Å². The van der Waals surface area contributed by atoms with Crippen molar-refractivity contribution in [3.63, 3.8) is 0 Å². The predicted octanol–water partition coefficient (Wildman–Crippen LogP) is 11.6. The Labute approximate surface area is 266 Å². The molecule has 0 radical (unpaired) electrons. The van der Waals surface area contributed by atoms with Gasteiger partial charge in [0.05, 0.1) is 0 Å². The molecule has 1 aliphatic carbocycles. The highest BCUT2D eigenvalue weighted by molar-refractivity contribution is 5.34. The van der Waals surface area contributed by atoms with Gasteiger partial charge in [-0.2, -0.15) is 0 Å². The lowest BCUT2D eigenvalue weighted by atomic mass is 9.75. The molecule has 1 saturated carbocycles. The molecule has 2 nitrogen and oxygen atoms in total. The maximum atomic E-state index is 12.5. The summed E-state index contributed by atoms with van der Waals surface area (Å²) in [5.74, 6) is -1.40. The Kier molecular flexibility index (Phi) is 18.7. The largest absolute Gasteiger partial charge is 0.359 e. The molecule has 0 amide bonds. The van der Waals surface area contributed by atoms with Crippen molar-refractivity contribution >= 4 is 0 Å². The van der Waals surface area contributed by atoms with E-state index in [0.717, 1.165) is 38.2 Å². The van der Waals surface area contributed by atoms with E-state index in [2.05, 4.69) is 73.1 Å². The van der Waals surface area contributed by atoms with Gasteiger partial charge in [-0.3, -0.25) is 0 Å². The molecule has 43 heavy (non-hydrogen) atoms. The monoisotopic (exact) mass is 600 g/mol. The second-order valence-corrected chi connectivity index (χ2v) is 11.8. The second kappa shape index (κ2) is 21.0. The SMILES string of the molecule is C=C=C(Cc1ccc(CC)c(CCC)c1)CC(C=C)C1CCCC(=C)C1.COCOC.Cc1cccc(CC(C)(F)F)c1.[HH].[HH].[HH]. The zero-order valence-corrected chi connectivity index (χ0v) is 27.7. The number of alkyl halides is 2. The van der Waals surface area contributed by atoms with Crippen molar-refractivity contribution < 1.29 is 22.5 Å². The van der Waals surface area contributed by atoms with Crippen LogP contribution in [0.1, 0.15) is 91.4 Å². The number of rotatable bonds is 13. The fourth-order valence-electron chi connectivity index (χ4n) is 5.67. The minimum atomic E-state index is -2.60. The average molecular weight is 601 g/mol. The standard InChI is InChI=1S/C26H36.C10H12F2.C3H8O2.3H2/c1-6-11-25-19-22(14-15-23(25)8-3)17-21(7-2)18-24(9-4)26-13-10-12-20(5)16-26;1-8-4-3-5-9(6-8)7-10(2,11)12;1-4-3-5-2;;;/h9,14-15,19,24,26H,2,4-6,8,10-13,16-18H2,1,3H3;3-6H,7H2,1-2H3;3H2,1-2H3;3*1H. The number of methoxy groups -OCH3 is 2. The molecule has 3 rings (SSSR count). The Bertz CT molecular complexity index is 1170. The normalized spacial score (nSPS) is 15.3. The number of ether oxygens (including phenoxy) is 2. The predicted molar refractivity (Wildman–Crippen MR) is 186 cm³/mol. The molecule has 2 atom stereocenters. The minimum absolute atomic E-state index is 0. The van der Waals surface area contributed by atoms with E-state index in [4.69, 9.17) is 0 Å². The van der Waals surface area contributed by atoms with E-state index >= 15 is 0 Å². The van der Waals surface area contributed by atoms with Crippen LogP contribution in [0, 0.1) is 18.8 Å². The zero-order valence-electron chi connectivity index (χ0n) is 27.7. The number of hydrogen-bond acceptors (Lipinski definition) is 2. The van der Waals surface area contributed by atoms with Crippen LogP contribution >= 0.6 is 0 Å². The first-order valence-corrected chi connectivity index (χ1v) is 15.7. The highest BCUT2D eigenvalue weighted by atomic mass is 19.3. The summed E-state index contributed by atoms with van der Waals surface area (Å²) in [4.78, 5) is 0. The molecule has 1 aliphatic rings. The van der Waals surface area contributed by atoms with Crippen LogP contribution in [0.5, 0.6) is 0 Å². The number of benzene rings is 2. The van der Waals surface area contributed by atoms with Gasteiger partial charge in [0, 0.05) is 31.3 Å². The van der Waals surface area contributed by atoms with Gasteiger partial charge in [0.2, 0.25) is 5.92 Å². The lowest BCUT2D eigenvalue weighted by molar-refractivity contribution is -0.00272. The Morgan fingerprint density at radius 2 is 1.84 bits per heavy atom. The first-order chi connectivity index (χ1) is 20.5. The van der Waals surface area contributed by atoms with Gasteiger partial charge in [0.25, 0.3) is 0 Å². The quantitative estimate of drug-likeness (QED) is 0.129. The molecule has 0 spiro atoms. The van der Waals surface area contributed by atoms with Crippen LogP contribution in [0.25, 0.3) is 0 Å². The van der Waals surface area contributed by atoms with Crippen LogP contribution in [0.15, 0.2) is 85.2 Å². The van der Waals surface area contributed by atoms with Crippen LogP contribution in [-0.2, 0) is 35.2 Å². The van der Waals surface area contributed by atoms with E-state index in [0.29, 0.717) is 24.2 Å². The Morgan fingerprint density at radius 1 is 1.12 bits per heavy atom. The van der Waals surface area contributed by atoms with Gasteiger partial charge in [-0.15, -0.1) is 12.3 Å². The molecule has 244 valence electrons. The van der Waals surface area contributed by atoms with Crippen LogP contribution in [0.3, 0.4) is 0 Å². The summed E-state index contributed by atoms with van der Waals surface area (Å²) in [6.07, 6.45) is 12.4. The van der Waals surface area contributed by atoms with Crippen molar-refractivity contribution in [2.24, 2.45) is 11.8 Å². The molecular weight excluding hydrogens is 538 g/mol. The molecule has 2 unspecified atom stereocenters. The summed E-state index contributed by atoms with van der Waals surface area (Å²) >= 11 is 0. The minimum Gasteiger partial charge on any atom is -0.359 e. The van der Waals surface area contributed by atoms with E-state index in [1.807, 2.05) is 13.0 Å². The average Bonchev–Trinajstić information content (AvgIpc) is 2.96. The highest BCUT2D eigenvalue weighted by Crippen LogP contribution is 2.36. The second-order valence-electron chi connectivity index (χ2n) is 11.8. The fraction of sp³-hybridized carbons (Fsp3) is 0.513. The summed E-state index contributed by atoms with van der Waals surface area (Å²) in [5.41, 5.74) is 12.1. The molecule has 4 heteroatoms. The Balaban J connectivity index is -0.000000774. The van der Waals surface area contributed by atoms with Gasteiger partial charge in [-0.1, -0.05) is 93.1 Å². The van der Waals surface area contributed by atoms with Crippen molar-refractivity contribution in [3.05, 3.63) is 113 Å². The molecule has 0 aliphatic heterocycles. The number of aryl methyl sites for hydroxylation is 3. The van der Waals surface area contributed by atoms with Crippen molar-refractivity contribution in [1.82, 2.24) is 0 Å². The van der Waals surface area contributed by atoms with E-state index in [1.165, 1.54) is 59.9 Å². The summed E-state index contributed by atoms with van der Waals surface area (Å²) in [5, 5.41) is 0. The van der Waals surface area contributed by atoms with Gasteiger partial charge < -0.3 is 9.47 Å². The van der Waals surface area contributed by atoms with Gasteiger partial charge in [0.15, 0.2) is 0 Å². The summed E-state index contributed by atoms with van der Waals surface area (Å²) in [6, 6.07) is 14.2. The highest BCUT2D eigenvalue weighted by Gasteiger charge is 2.24. The fourth-order valence-corrected chi connectivity index (χ4v) is 5.67. The van der Waals surface area contributed by atoms with Crippen LogP contribution in [0.2, 0.25) is 0 Å². The number of halogens is 2. The Hall–Kier alpha value is -2.78. The smallest absolute Gasteiger partial charge is 0.249 e. The van der Waals surface area contributed by atoms with Crippen LogP contribution in [0.4, 0.5) is 8.78 Å². The van der Waals surface area contributed by atoms with E-state index in [-0.39, 0.29) is 10.7 Å². The molecule has 0 saturated heterocycles. The van der Waals surface area contributed by atoms with Crippen molar-refractivity contribution in [2.75, 3.05) is 21.0 Å². The molecule has 2 aromatic carbocycles. The van der Waals surface area contributed by atoms with Crippen molar-refractivity contribution in [1.29, 1.82) is 0 Å². The number of hydrogen-bond donors (Lipinski definition) is 0. The summed E-state index contributed by atoms with van der Waals surface area (Å²) in [6.45, 7) is 20.1. The first kappa shape index (κ1) is 38.2. The Morgan fingerprint density at radius 3 is 2.35 bits per heavy atom. The number of allylic oxidation sites excluding steroid dienone is 3. The molecule has 1 fully saturated rings. The van der Waals surface area contributed by atoms with Crippen LogP contribution in [-0.4, -0.2) is 26.9 Å². The first-order valence-electron chi connectivity index (χ1n) is 15.7. The maximum Gasteiger partial charge on any atom is 0.249 e. The van der Waals surface area contributed by atoms with Gasteiger partial charge in [-0.25, -0.2) is 8.78 Å². The molecule has 0 heterocycles. The third-order valence-electron chi connectivity index (χ3n) is 7.72. The van der Waals surface area contributed by atoms with Crippen molar-refractivity contribution in [2.45, 2.75) is 97.8 Å². The van der Waals surface area contributed by atoms with E-state index in [1.54, 1.807) is 32.4 Å². The molecule has 0 bridgehead atoms. The molecule has 0 N–H and O–H groups in total. The zero-order chi connectivity index (χ0) is 32.3. The van der Waals surface area contributed by atoms with Gasteiger partial charge in [-0.05, 0) is 98.5 Å². The molecule has 2 aromatic rings. The van der Waals surface area contributed by atoms with Crippen molar-refractivity contribution in [3.8, 4) is 0 Å². The summed E-state index contributed by atoms with van der Waals surface area (Å²) in [7, 11) is 3.17. The molecule has 0 aromatic heterocycles. The van der Waals surface area contributed by atoms with E-state index < -0.39 is 5.92 Å². The van der Waals surface area contributed by atoms with Crippen LogP contribution < -0.4 is 0 Å². The van der Waals surface area contributed by atoms with Gasteiger partial charge in [0.1, 0.15) is 6.79 Å². The summed E-state index contributed by atoms with van der Waals surface area (Å²) < 4.78 is 34.0. The lowest BCUT2D eigenvalue weighted by Crippen LogP contribution is -2.18.